The highest BCUT2D eigenvalue weighted by Gasteiger charge is 2.17. The van der Waals surface area contributed by atoms with Crippen molar-refractivity contribution in [3.63, 3.8) is 0 Å². The topological polar surface area (TPSA) is 175 Å². The van der Waals surface area contributed by atoms with E-state index in [1.165, 1.54) is 0 Å². The van der Waals surface area contributed by atoms with Gasteiger partial charge in [-0.2, -0.15) is 0 Å². The zero-order valence-electron chi connectivity index (χ0n) is 27.1. The van der Waals surface area contributed by atoms with E-state index >= 15 is 0 Å². The van der Waals surface area contributed by atoms with Crippen molar-refractivity contribution in [2.75, 3.05) is 26.4 Å². The molecule has 0 N–H and O–H groups in total. The lowest BCUT2D eigenvalue weighted by Crippen LogP contribution is -2.13. The summed E-state index contributed by atoms with van der Waals surface area (Å²) in [7, 11) is 0. The minimum atomic E-state index is -0.824. The normalized spacial score (nSPS) is 11.2. The molecular formula is C33H42N4O10S. The molecule has 3 aromatic rings. The lowest BCUT2D eigenvalue weighted by molar-refractivity contribution is -0.757. The third-order valence-electron chi connectivity index (χ3n) is 7.22. The first kappa shape index (κ1) is 37.7. The lowest BCUT2D eigenvalue weighted by Gasteiger charge is -2.13. The van der Waals surface area contributed by atoms with E-state index in [2.05, 4.69) is 26.1 Å². The van der Waals surface area contributed by atoms with Gasteiger partial charge < -0.3 is 23.7 Å². The van der Waals surface area contributed by atoms with Crippen molar-refractivity contribution in [2.24, 2.45) is 0 Å². The molecule has 0 aliphatic carbocycles. The number of rotatable bonds is 24. The highest BCUT2D eigenvalue weighted by atomic mass is 32.1. The summed E-state index contributed by atoms with van der Waals surface area (Å²) in [5, 5.41) is 20.8. The molecule has 1 aromatic carbocycles. The molecule has 0 aliphatic heterocycles. The molecule has 0 unspecified atom stereocenters. The van der Waals surface area contributed by atoms with Gasteiger partial charge in [-0.3, -0.25) is 0 Å². The van der Waals surface area contributed by atoms with E-state index in [-0.39, 0.29) is 26.4 Å². The SMILES string of the molecule is CCCCc1ncc(C=C(Cc2cccs2)C(=O)OCCCCCO[N+](=O)[O-])n1Cc1ccc(C(=O)OCCCCCO[N+](=O)[O-])cc1. The zero-order valence-corrected chi connectivity index (χ0v) is 27.9. The van der Waals surface area contributed by atoms with Crippen LogP contribution < -0.4 is 0 Å². The number of aryl methyl sites for hydroxylation is 1. The Balaban J connectivity index is 1.68. The predicted octanol–water partition coefficient (Wildman–Crippen LogP) is 6.42. The van der Waals surface area contributed by atoms with E-state index in [1.807, 2.05) is 35.7 Å². The number of hydrogen-bond acceptors (Lipinski definition) is 12. The van der Waals surface area contributed by atoms with Crippen LogP contribution in [0, 0.1) is 20.2 Å². The van der Waals surface area contributed by atoms with Gasteiger partial charge in [-0.05, 0) is 80.2 Å². The summed E-state index contributed by atoms with van der Waals surface area (Å²) in [6.07, 6.45) is 10.1. The first-order chi connectivity index (χ1) is 23.3. The molecule has 0 radical (unpaired) electrons. The van der Waals surface area contributed by atoms with Crippen molar-refractivity contribution in [3.05, 3.63) is 101 Å². The van der Waals surface area contributed by atoms with Crippen LogP contribution in [0.2, 0.25) is 0 Å². The van der Waals surface area contributed by atoms with E-state index in [1.54, 1.807) is 29.7 Å². The van der Waals surface area contributed by atoms with Crippen molar-refractivity contribution >= 4 is 29.4 Å². The molecule has 14 nitrogen and oxygen atoms in total. The van der Waals surface area contributed by atoms with Crippen LogP contribution in [0.4, 0.5) is 0 Å². The number of nitrogens with zero attached hydrogens (tertiary/aromatic N) is 4. The van der Waals surface area contributed by atoms with Crippen LogP contribution in [0.25, 0.3) is 6.08 Å². The second-order valence-electron chi connectivity index (χ2n) is 10.9. The molecule has 0 fully saturated rings. The maximum absolute atomic E-state index is 13.3. The molecule has 0 saturated carbocycles. The molecule has 0 atom stereocenters. The maximum atomic E-state index is 13.3. The number of unbranched alkanes of at least 4 members (excludes halogenated alkanes) is 5. The Hall–Kier alpha value is -4.79. The Bertz CT molecular complexity index is 1470. The highest BCUT2D eigenvalue weighted by molar-refractivity contribution is 7.09. The number of carbonyl (C=O) groups excluding carboxylic acids is 2. The van der Waals surface area contributed by atoms with Gasteiger partial charge >= 0.3 is 11.9 Å². The number of thiophene rings is 1. The summed E-state index contributed by atoms with van der Waals surface area (Å²) in [5.41, 5.74) is 2.60. The fourth-order valence-corrected chi connectivity index (χ4v) is 5.43. The molecule has 0 bridgehead atoms. The summed E-state index contributed by atoms with van der Waals surface area (Å²) in [5.74, 6) is 0.0103. The van der Waals surface area contributed by atoms with Gasteiger partial charge in [0.15, 0.2) is 0 Å². The minimum Gasteiger partial charge on any atom is -0.462 e. The molecule has 2 aromatic heterocycles. The van der Waals surface area contributed by atoms with Crippen molar-refractivity contribution in [1.82, 2.24) is 9.55 Å². The van der Waals surface area contributed by atoms with Crippen LogP contribution >= 0.6 is 11.3 Å². The van der Waals surface area contributed by atoms with E-state index < -0.39 is 22.1 Å². The minimum absolute atomic E-state index is 0.00886. The number of benzene rings is 1. The van der Waals surface area contributed by atoms with Gasteiger partial charge in [0.05, 0.1) is 43.9 Å². The first-order valence-corrected chi connectivity index (χ1v) is 16.9. The highest BCUT2D eigenvalue weighted by Crippen LogP contribution is 2.21. The van der Waals surface area contributed by atoms with Gasteiger partial charge in [-0.1, -0.05) is 31.5 Å². The van der Waals surface area contributed by atoms with Crippen LogP contribution in [-0.2, 0) is 43.3 Å². The molecular weight excluding hydrogens is 644 g/mol. The summed E-state index contributed by atoms with van der Waals surface area (Å²) < 4.78 is 13.0. The van der Waals surface area contributed by atoms with Crippen LogP contribution in [0.3, 0.4) is 0 Å². The molecule has 0 saturated heterocycles. The van der Waals surface area contributed by atoms with Crippen LogP contribution in [0.1, 0.15) is 90.6 Å². The number of carbonyl (C=O) groups is 2. The van der Waals surface area contributed by atoms with E-state index in [4.69, 9.17) is 9.47 Å². The Morgan fingerprint density at radius 3 is 2.12 bits per heavy atom. The third kappa shape index (κ3) is 13.9. The van der Waals surface area contributed by atoms with Gasteiger partial charge in [0.25, 0.3) is 10.2 Å². The average Bonchev–Trinajstić information content (AvgIpc) is 3.72. The van der Waals surface area contributed by atoms with Crippen molar-refractivity contribution in [2.45, 2.75) is 77.7 Å². The van der Waals surface area contributed by atoms with Gasteiger partial charge in [-0.25, -0.2) is 14.6 Å². The van der Waals surface area contributed by atoms with Crippen molar-refractivity contribution in [1.29, 1.82) is 0 Å². The van der Waals surface area contributed by atoms with Crippen molar-refractivity contribution < 1.29 is 38.9 Å². The molecule has 2 heterocycles. The quantitative estimate of drug-likeness (QED) is 0.0334. The fraction of sp³-hybridized carbons (Fsp3) is 0.485. The average molecular weight is 687 g/mol. The van der Waals surface area contributed by atoms with E-state index in [0.717, 1.165) is 41.2 Å². The van der Waals surface area contributed by atoms with Crippen LogP contribution in [0.5, 0.6) is 0 Å². The van der Waals surface area contributed by atoms with Crippen LogP contribution in [-0.4, -0.2) is 58.1 Å². The summed E-state index contributed by atoms with van der Waals surface area (Å²) in [6, 6.07) is 11.0. The molecule has 3 rings (SSSR count). The Morgan fingerprint density at radius 2 is 1.52 bits per heavy atom. The largest absolute Gasteiger partial charge is 0.462 e. The molecule has 0 spiro atoms. The van der Waals surface area contributed by atoms with Crippen LogP contribution in [0.15, 0.2) is 53.5 Å². The van der Waals surface area contributed by atoms with Crippen molar-refractivity contribution in [3.8, 4) is 0 Å². The number of ether oxygens (including phenoxy) is 2. The lowest BCUT2D eigenvalue weighted by atomic mass is 10.1. The van der Waals surface area contributed by atoms with Gasteiger partial charge in [0.2, 0.25) is 0 Å². The first-order valence-electron chi connectivity index (χ1n) is 16.0. The van der Waals surface area contributed by atoms with Gasteiger partial charge in [0.1, 0.15) is 5.82 Å². The second-order valence-corrected chi connectivity index (χ2v) is 12.0. The third-order valence-corrected chi connectivity index (χ3v) is 8.10. The molecule has 260 valence electrons. The Morgan fingerprint density at radius 1 is 0.875 bits per heavy atom. The number of hydrogen-bond donors (Lipinski definition) is 0. The number of aromatic nitrogens is 2. The van der Waals surface area contributed by atoms with Gasteiger partial charge in [0, 0.05) is 29.8 Å². The number of imidazole rings is 1. The smallest absolute Gasteiger partial charge is 0.338 e. The fourth-order valence-electron chi connectivity index (χ4n) is 4.70. The monoisotopic (exact) mass is 686 g/mol. The molecule has 0 amide bonds. The maximum Gasteiger partial charge on any atom is 0.338 e. The molecule has 15 heteroatoms. The summed E-state index contributed by atoms with van der Waals surface area (Å²) in [4.78, 5) is 60.6. The summed E-state index contributed by atoms with van der Waals surface area (Å²) >= 11 is 1.55. The summed E-state index contributed by atoms with van der Waals surface area (Å²) in [6.45, 7) is 3.01. The van der Waals surface area contributed by atoms with E-state index in [9.17, 15) is 29.8 Å². The number of esters is 2. The predicted molar refractivity (Wildman–Crippen MR) is 177 cm³/mol. The standard InChI is InChI=1S/C33H42N4O10S/c1-2-3-12-31-34-24-29(22-28(23-30-11-10-21-48-30)33(39)45-18-7-5-9-20-47-37(42)43)35(31)25-26-13-15-27(16-14-26)32(38)44-17-6-4-8-19-46-36(40)41/h10-11,13-16,21-22,24H,2-9,12,17-20,23,25H2,1H3. The Labute approximate surface area is 282 Å². The molecule has 48 heavy (non-hydrogen) atoms. The Kier molecular flexibility index (Phi) is 16.6. The second kappa shape index (κ2) is 21.2. The molecule has 0 aliphatic rings. The van der Waals surface area contributed by atoms with E-state index in [0.29, 0.717) is 62.6 Å². The van der Waals surface area contributed by atoms with Gasteiger partial charge in [-0.15, -0.1) is 31.6 Å². The zero-order chi connectivity index (χ0) is 34.6.